The van der Waals surface area contributed by atoms with Crippen LogP contribution in [0.25, 0.3) is 0 Å². The van der Waals surface area contributed by atoms with E-state index >= 15 is 0 Å². The van der Waals surface area contributed by atoms with Crippen molar-refractivity contribution in [1.82, 2.24) is 14.8 Å². The largest absolute Gasteiger partial charge is 0.336 e. The lowest BCUT2D eigenvalue weighted by Crippen LogP contribution is -2.43. The Hall–Kier alpha value is -2.69. The van der Waals surface area contributed by atoms with E-state index in [1.807, 2.05) is 42.2 Å². The van der Waals surface area contributed by atoms with Crippen molar-refractivity contribution in [3.63, 3.8) is 0 Å². The quantitative estimate of drug-likeness (QED) is 0.758. The van der Waals surface area contributed by atoms with Crippen molar-refractivity contribution in [2.24, 2.45) is 0 Å². The summed E-state index contributed by atoms with van der Waals surface area (Å²) in [5, 5.41) is 0. The molecular weight excluding hydrogens is 350 g/mol. The Morgan fingerprint density at radius 2 is 1.86 bits per heavy atom. The number of amides is 2. The Morgan fingerprint density at radius 3 is 2.57 bits per heavy atom. The number of likely N-dealkylation sites (tertiary alicyclic amines) is 1. The minimum atomic E-state index is -0.0980. The summed E-state index contributed by atoms with van der Waals surface area (Å²) in [4.78, 5) is 34.0. The van der Waals surface area contributed by atoms with Crippen molar-refractivity contribution in [2.75, 3.05) is 13.1 Å². The van der Waals surface area contributed by atoms with Gasteiger partial charge in [0.2, 0.25) is 0 Å². The minimum Gasteiger partial charge on any atom is -0.336 e. The van der Waals surface area contributed by atoms with Crippen LogP contribution in [0.3, 0.4) is 0 Å². The van der Waals surface area contributed by atoms with E-state index < -0.39 is 0 Å². The van der Waals surface area contributed by atoms with Crippen molar-refractivity contribution in [3.8, 4) is 0 Å². The molecule has 0 aliphatic carbocycles. The molecule has 1 unspecified atom stereocenters. The van der Waals surface area contributed by atoms with Crippen LogP contribution in [0, 0.1) is 0 Å². The molecule has 148 valence electrons. The molecule has 1 aliphatic heterocycles. The van der Waals surface area contributed by atoms with Gasteiger partial charge in [0.1, 0.15) is 0 Å². The standard InChI is InChI=1S/C23H29N3O2/c1-3-21-12-8-9-13-26(21)23(28)20-14-19(15-24-16-20)22(27)25(4-2)17-18-10-6-5-7-11-18/h5-7,10-11,14-16,21H,3-4,8-9,12-13,17H2,1-2H3. The SMILES string of the molecule is CCC1CCCCN1C(=O)c1cncc(C(=O)N(CC)Cc2ccccc2)c1. The van der Waals surface area contributed by atoms with Gasteiger partial charge in [-0.15, -0.1) is 0 Å². The first kappa shape index (κ1) is 20.1. The second kappa shape index (κ2) is 9.49. The van der Waals surface area contributed by atoms with E-state index in [0.29, 0.717) is 24.2 Å². The molecule has 0 N–H and O–H groups in total. The summed E-state index contributed by atoms with van der Waals surface area (Å²) in [5.74, 6) is -0.112. The lowest BCUT2D eigenvalue weighted by atomic mass is 9.99. The Labute approximate surface area is 167 Å². The first-order chi connectivity index (χ1) is 13.6. The molecule has 3 rings (SSSR count). The normalized spacial score (nSPS) is 16.6. The number of pyridine rings is 1. The molecule has 0 radical (unpaired) electrons. The van der Waals surface area contributed by atoms with Crippen molar-refractivity contribution in [1.29, 1.82) is 0 Å². The average molecular weight is 380 g/mol. The molecule has 2 aromatic rings. The molecule has 1 aliphatic rings. The molecule has 0 spiro atoms. The lowest BCUT2D eigenvalue weighted by Gasteiger charge is -2.35. The molecule has 2 amide bonds. The van der Waals surface area contributed by atoms with E-state index in [4.69, 9.17) is 0 Å². The molecule has 1 saturated heterocycles. The van der Waals surface area contributed by atoms with Crippen LogP contribution in [-0.4, -0.2) is 45.7 Å². The summed E-state index contributed by atoms with van der Waals surface area (Å²) in [7, 11) is 0. The van der Waals surface area contributed by atoms with Crippen molar-refractivity contribution >= 4 is 11.8 Å². The van der Waals surface area contributed by atoms with Crippen LogP contribution in [0.2, 0.25) is 0 Å². The highest BCUT2D eigenvalue weighted by Crippen LogP contribution is 2.22. The van der Waals surface area contributed by atoms with Gasteiger partial charge in [0.25, 0.3) is 11.8 Å². The van der Waals surface area contributed by atoms with Crippen molar-refractivity contribution in [3.05, 3.63) is 65.5 Å². The van der Waals surface area contributed by atoms with Crippen LogP contribution in [0.5, 0.6) is 0 Å². The zero-order chi connectivity index (χ0) is 19.9. The number of piperidine rings is 1. The number of carbonyl (C=O) groups is 2. The first-order valence-corrected chi connectivity index (χ1v) is 10.2. The third-order valence-corrected chi connectivity index (χ3v) is 5.48. The van der Waals surface area contributed by atoms with Crippen LogP contribution in [-0.2, 0) is 6.54 Å². The Bertz CT molecular complexity index is 807. The molecule has 1 aromatic heterocycles. The number of aromatic nitrogens is 1. The summed E-state index contributed by atoms with van der Waals surface area (Å²) >= 11 is 0. The maximum atomic E-state index is 13.0. The number of hydrogen-bond donors (Lipinski definition) is 0. The average Bonchev–Trinajstić information content (AvgIpc) is 2.77. The Balaban J connectivity index is 1.77. The van der Waals surface area contributed by atoms with Gasteiger partial charge >= 0.3 is 0 Å². The van der Waals surface area contributed by atoms with Gasteiger partial charge in [-0.1, -0.05) is 37.3 Å². The molecule has 1 fully saturated rings. The number of hydrogen-bond acceptors (Lipinski definition) is 3. The Kier molecular flexibility index (Phi) is 6.80. The monoisotopic (exact) mass is 379 g/mol. The van der Waals surface area contributed by atoms with E-state index in [1.54, 1.807) is 23.4 Å². The van der Waals surface area contributed by atoms with Gasteiger partial charge in [-0.2, -0.15) is 0 Å². The topological polar surface area (TPSA) is 53.5 Å². The Morgan fingerprint density at radius 1 is 1.11 bits per heavy atom. The van der Waals surface area contributed by atoms with Gasteiger partial charge < -0.3 is 9.80 Å². The van der Waals surface area contributed by atoms with E-state index in [-0.39, 0.29) is 17.9 Å². The van der Waals surface area contributed by atoms with Gasteiger partial charge in [0.15, 0.2) is 0 Å². The van der Waals surface area contributed by atoms with E-state index in [0.717, 1.165) is 31.4 Å². The third-order valence-electron chi connectivity index (χ3n) is 5.48. The molecule has 0 bridgehead atoms. The van der Waals surface area contributed by atoms with E-state index in [1.165, 1.54) is 6.42 Å². The van der Waals surface area contributed by atoms with Crippen LogP contribution in [0.15, 0.2) is 48.8 Å². The zero-order valence-electron chi connectivity index (χ0n) is 16.8. The molecule has 5 heteroatoms. The number of rotatable bonds is 6. The summed E-state index contributed by atoms with van der Waals surface area (Å²) in [5.41, 5.74) is 2.05. The van der Waals surface area contributed by atoms with Crippen molar-refractivity contribution in [2.45, 2.75) is 52.1 Å². The summed E-state index contributed by atoms with van der Waals surface area (Å²) < 4.78 is 0. The zero-order valence-corrected chi connectivity index (χ0v) is 16.8. The maximum Gasteiger partial charge on any atom is 0.255 e. The van der Waals surface area contributed by atoms with E-state index in [9.17, 15) is 9.59 Å². The number of benzene rings is 1. The van der Waals surface area contributed by atoms with Crippen LogP contribution in [0.1, 0.15) is 65.8 Å². The fourth-order valence-electron chi connectivity index (χ4n) is 3.85. The third kappa shape index (κ3) is 4.58. The van der Waals surface area contributed by atoms with Gasteiger partial charge in [-0.25, -0.2) is 0 Å². The smallest absolute Gasteiger partial charge is 0.255 e. The van der Waals surface area contributed by atoms with Crippen LogP contribution < -0.4 is 0 Å². The van der Waals surface area contributed by atoms with Gasteiger partial charge in [0, 0.05) is 38.1 Å². The van der Waals surface area contributed by atoms with Gasteiger partial charge in [-0.05, 0) is 44.2 Å². The summed E-state index contributed by atoms with van der Waals surface area (Å²) in [6.45, 7) is 6.00. The maximum absolute atomic E-state index is 13.0. The predicted octanol–water partition coefficient (Wildman–Crippen LogP) is 4.15. The lowest BCUT2D eigenvalue weighted by molar-refractivity contribution is 0.0607. The molecule has 1 aromatic carbocycles. The fraction of sp³-hybridized carbons (Fsp3) is 0.435. The molecule has 2 heterocycles. The summed E-state index contributed by atoms with van der Waals surface area (Å²) in [6.07, 6.45) is 7.35. The fourth-order valence-corrected chi connectivity index (χ4v) is 3.85. The molecule has 0 saturated carbocycles. The predicted molar refractivity (Wildman–Crippen MR) is 110 cm³/mol. The highest BCUT2D eigenvalue weighted by atomic mass is 16.2. The second-order valence-corrected chi connectivity index (χ2v) is 7.32. The molecule has 28 heavy (non-hydrogen) atoms. The highest BCUT2D eigenvalue weighted by Gasteiger charge is 2.27. The van der Waals surface area contributed by atoms with Crippen LogP contribution >= 0.6 is 0 Å². The number of carbonyl (C=O) groups excluding carboxylic acids is 2. The molecule has 5 nitrogen and oxygen atoms in total. The molecular formula is C23H29N3O2. The first-order valence-electron chi connectivity index (χ1n) is 10.2. The van der Waals surface area contributed by atoms with E-state index in [2.05, 4.69) is 11.9 Å². The van der Waals surface area contributed by atoms with Crippen LogP contribution in [0.4, 0.5) is 0 Å². The second-order valence-electron chi connectivity index (χ2n) is 7.32. The van der Waals surface area contributed by atoms with Gasteiger partial charge in [0.05, 0.1) is 11.1 Å². The van der Waals surface area contributed by atoms with Crippen molar-refractivity contribution < 1.29 is 9.59 Å². The van der Waals surface area contributed by atoms with Gasteiger partial charge in [-0.3, -0.25) is 14.6 Å². The number of nitrogens with zero attached hydrogens (tertiary/aromatic N) is 3. The summed E-state index contributed by atoms with van der Waals surface area (Å²) in [6, 6.07) is 11.9. The highest BCUT2D eigenvalue weighted by molar-refractivity contribution is 5.99. The minimum absolute atomic E-state index is 0.0141. The molecule has 1 atom stereocenters.